The fourth-order valence-corrected chi connectivity index (χ4v) is 1.66. The maximum atomic E-state index is 11.5. The number of rotatable bonds is 4. The largest absolute Gasteiger partial charge is 0.465 e. The molecule has 0 bridgehead atoms. The highest BCUT2D eigenvalue weighted by atomic mass is 16.5. The first-order valence-electron chi connectivity index (χ1n) is 5.41. The summed E-state index contributed by atoms with van der Waals surface area (Å²) in [7, 11) is 1.34. The molecule has 0 fully saturated rings. The van der Waals surface area contributed by atoms with Gasteiger partial charge in [0.15, 0.2) is 0 Å². The minimum absolute atomic E-state index is 0.376. The minimum atomic E-state index is -0.615. The van der Waals surface area contributed by atoms with E-state index in [1.807, 2.05) is 19.9 Å². The highest BCUT2D eigenvalue weighted by Crippen LogP contribution is 2.24. The standard InChI is InChI=1S/C13H18O3/c1-9(2)8-12(14)10-6-4-5-7-11(10)13(15)16-3/h4-7,9,12,14H,8H2,1-3H3. The number of aliphatic hydroxyl groups excluding tert-OH is 1. The van der Waals surface area contributed by atoms with Crippen molar-refractivity contribution in [1.29, 1.82) is 0 Å². The summed E-state index contributed by atoms with van der Waals surface area (Å²) in [4.78, 5) is 11.5. The van der Waals surface area contributed by atoms with Crippen LogP contribution in [-0.2, 0) is 4.74 Å². The van der Waals surface area contributed by atoms with Crippen LogP contribution >= 0.6 is 0 Å². The average Bonchev–Trinajstić information content (AvgIpc) is 2.27. The summed E-state index contributed by atoms with van der Waals surface area (Å²) >= 11 is 0. The van der Waals surface area contributed by atoms with E-state index < -0.39 is 12.1 Å². The zero-order valence-electron chi connectivity index (χ0n) is 9.93. The maximum absolute atomic E-state index is 11.5. The van der Waals surface area contributed by atoms with Crippen LogP contribution in [0.5, 0.6) is 0 Å². The molecule has 1 aromatic carbocycles. The summed E-state index contributed by atoms with van der Waals surface area (Å²) in [5.41, 5.74) is 1.08. The van der Waals surface area contributed by atoms with Gasteiger partial charge in [0.2, 0.25) is 0 Å². The first kappa shape index (κ1) is 12.7. The second kappa shape index (κ2) is 5.66. The zero-order chi connectivity index (χ0) is 12.1. The smallest absolute Gasteiger partial charge is 0.338 e. The Kier molecular flexibility index (Phi) is 4.50. The van der Waals surface area contributed by atoms with Gasteiger partial charge in [-0.15, -0.1) is 0 Å². The fourth-order valence-electron chi connectivity index (χ4n) is 1.66. The SMILES string of the molecule is COC(=O)c1ccccc1C(O)CC(C)C. The van der Waals surface area contributed by atoms with Crippen molar-refractivity contribution in [1.82, 2.24) is 0 Å². The lowest BCUT2D eigenvalue weighted by molar-refractivity contribution is 0.0591. The molecule has 1 atom stereocenters. The van der Waals surface area contributed by atoms with Gasteiger partial charge >= 0.3 is 5.97 Å². The van der Waals surface area contributed by atoms with Gasteiger partial charge in [-0.05, 0) is 24.0 Å². The van der Waals surface area contributed by atoms with Crippen LogP contribution in [0, 0.1) is 5.92 Å². The van der Waals surface area contributed by atoms with Crippen molar-refractivity contribution in [2.45, 2.75) is 26.4 Å². The van der Waals surface area contributed by atoms with Crippen molar-refractivity contribution in [2.75, 3.05) is 7.11 Å². The Balaban J connectivity index is 2.98. The third kappa shape index (κ3) is 3.07. The lowest BCUT2D eigenvalue weighted by Crippen LogP contribution is -2.10. The number of methoxy groups -OCH3 is 1. The number of benzene rings is 1. The van der Waals surface area contributed by atoms with E-state index in [0.717, 1.165) is 0 Å². The molecule has 0 saturated carbocycles. The molecule has 16 heavy (non-hydrogen) atoms. The van der Waals surface area contributed by atoms with Gasteiger partial charge in [-0.25, -0.2) is 4.79 Å². The van der Waals surface area contributed by atoms with Crippen LogP contribution in [-0.4, -0.2) is 18.2 Å². The maximum Gasteiger partial charge on any atom is 0.338 e. The molecule has 0 amide bonds. The Bertz CT molecular complexity index is 358. The highest BCUT2D eigenvalue weighted by molar-refractivity contribution is 5.91. The van der Waals surface area contributed by atoms with E-state index >= 15 is 0 Å². The summed E-state index contributed by atoms with van der Waals surface area (Å²) in [6.45, 7) is 4.06. The van der Waals surface area contributed by atoms with Crippen LogP contribution in [0.1, 0.15) is 42.3 Å². The van der Waals surface area contributed by atoms with Gasteiger partial charge in [-0.2, -0.15) is 0 Å². The summed E-state index contributed by atoms with van der Waals surface area (Å²) in [5.74, 6) is -0.0286. The highest BCUT2D eigenvalue weighted by Gasteiger charge is 2.17. The third-order valence-corrected chi connectivity index (χ3v) is 2.42. The van der Waals surface area contributed by atoms with Crippen LogP contribution in [0.2, 0.25) is 0 Å². The lowest BCUT2D eigenvalue weighted by atomic mass is 9.96. The Morgan fingerprint density at radius 2 is 2.00 bits per heavy atom. The predicted octanol–water partition coefficient (Wildman–Crippen LogP) is 2.55. The second-order valence-corrected chi connectivity index (χ2v) is 4.22. The molecule has 0 spiro atoms. The average molecular weight is 222 g/mol. The molecule has 88 valence electrons. The zero-order valence-corrected chi connectivity index (χ0v) is 9.93. The summed E-state index contributed by atoms with van der Waals surface area (Å²) in [6, 6.07) is 7.01. The first-order chi connectivity index (χ1) is 7.56. The fraction of sp³-hybridized carbons (Fsp3) is 0.462. The van der Waals surface area contributed by atoms with E-state index in [0.29, 0.717) is 23.5 Å². The van der Waals surface area contributed by atoms with E-state index in [1.54, 1.807) is 18.2 Å². The quantitative estimate of drug-likeness (QED) is 0.796. The molecule has 0 aliphatic rings. The van der Waals surface area contributed by atoms with E-state index in [1.165, 1.54) is 7.11 Å². The first-order valence-corrected chi connectivity index (χ1v) is 5.41. The molecule has 1 N–H and O–H groups in total. The minimum Gasteiger partial charge on any atom is -0.465 e. The molecule has 0 radical (unpaired) electrons. The van der Waals surface area contributed by atoms with Crippen molar-refractivity contribution >= 4 is 5.97 Å². The van der Waals surface area contributed by atoms with Gasteiger partial charge in [-0.1, -0.05) is 32.0 Å². The summed E-state index contributed by atoms with van der Waals surface area (Å²) in [6.07, 6.45) is 0.0175. The molecule has 0 saturated heterocycles. The Morgan fingerprint density at radius 3 is 2.56 bits per heavy atom. The number of ether oxygens (including phenoxy) is 1. The Morgan fingerprint density at radius 1 is 1.38 bits per heavy atom. The van der Waals surface area contributed by atoms with E-state index in [4.69, 9.17) is 0 Å². The summed E-state index contributed by atoms with van der Waals surface area (Å²) < 4.78 is 4.68. The van der Waals surface area contributed by atoms with Gasteiger partial charge in [0.1, 0.15) is 0 Å². The number of esters is 1. The monoisotopic (exact) mass is 222 g/mol. The Labute approximate surface area is 96.1 Å². The molecule has 1 unspecified atom stereocenters. The van der Waals surface area contributed by atoms with Gasteiger partial charge in [0.05, 0.1) is 18.8 Å². The van der Waals surface area contributed by atoms with Gasteiger partial charge in [0, 0.05) is 0 Å². The van der Waals surface area contributed by atoms with Crippen molar-refractivity contribution in [3.05, 3.63) is 35.4 Å². The van der Waals surface area contributed by atoms with Crippen LogP contribution < -0.4 is 0 Å². The number of hydrogen-bond acceptors (Lipinski definition) is 3. The molecule has 0 aliphatic carbocycles. The topological polar surface area (TPSA) is 46.5 Å². The Hall–Kier alpha value is -1.35. The number of carbonyl (C=O) groups excluding carboxylic acids is 1. The van der Waals surface area contributed by atoms with Crippen LogP contribution in [0.25, 0.3) is 0 Å². The molecule has 1 rings (SSSR count). The molecule has 0 aliphatic heterocycles. The van der Waals surface area contributed by atoms with E-state index in [2.05, 4.69) is 4.74 Å². The number of hydrogen-bond donors (Lipinski definition) is 1. The summed E-state index contributed by atoms with van der Waals surface area (Å²) in [5, 5.41) is 10.0. The van der Waals surface area contributed by atoms with E-state index in [9.17, 15) is 9.90 Å². The molecule has 0 aromatic heterocycles. The predicted molar refractivity (Wildman–Crippen MR) is 62.2 cm³/mol. The van der Waals surface area contributed by atoms with Gasteiger partial charge < -0.3 is 9.84 Å². The van der Waals surface area contributed by atoms with Crippen molar-refractivity contribution in [3.63, 3.8) is 0 Å². The van der Waals surface area contributed by atoms with Crippen LogP contribution in [0.4, 0.5) is 0 Å². The molecule has 1 aromatic rings. The molecular formula is C13H18O3. The molecule has 3 nitrogen and oxygen atoms in total. The molecular weight excluding hydrogens is 204 g/mol. The van der Waals surface area contributed by atoms with Crippen molar-refractivity contribution < 1.29 is 14.6 Å². The third-order valence-electron chi connectivity index (χ3n) is 2.42. The van der Waals surface area contributed by atoms with Crippen molar-refractivity contribution in [2.24, 2.45) is 5.92 Å². The lowest BCUT2D eigenvalue weighted by Gasteiger charge is -2.16. The van der Waals surface area contributed by atoms with E-state index in [-0.39, 0.29) is 0 Å². The normalized spacial score (nSPS) is 12.6. The van der Waals surface area contributed by atoms with Gasteiger partial charge in [-0.3, -0.25) is 0 Å². The number of carbonyl (C=O) groups is 1. The molecule has 0 heterocycles. The second-order valence-electron chi connectivity index (χ2n) is 4.22. The van der Waals surface area contributed by atoms with Crippen LogP contribution in [0.3, 0.4) is 0 Å². The van der Waals surface area contributed by atoms with Crippen molar-refractivity contribution in [3.8, 4) is 0 Å². The number of aliphatic hydroxyl groups is 1. The van der Waals surface area contributed by atoms with Crippen LogP contribution in [0.15, 0.2) is 24.3 Å². The van der Waals surface area contributed by atoms with Gasteiger partial charge in [0.25, 0.3) is 0 Å². The molecule has 3 heteroatoms.